The maximum absolute atomic E-state index is 13.2. The lowest BCUT2D eigenvalue weighted by molar-refractivity contribution is 0.0991. The van der Waals surface area contributed by atoms with Crippen molar-refractivity contribution in [3.63, 3.8) is 0 Å². The van der Waals surface area contributed by atoms with Crippen LogP contribution in [0.5, 0.6) is 0 Å². The summed E-state index contributed by atoms with van der Waals surface area (Å²) in [4.78, 5) is 21.5. The number of ketones is 1. The van der Waals surface area contributed by atoms with E-state index in [0.29, 0.717) is 11.2 Å². The average molecular weight is 423 g/mol. The molecule has 8 nitrogen and oxygen atoms in total. The van der Waals surface area contributed by atoms with Crippen LogP contribution in [-0.2, 0) is 18.2 Å². The Morgan fingerprint density at radius 1 is 1.16 bits per heavy atom. The van der Waals surface area contributed by atoms with Gasteiger partial charge >= 0.3 is 0 Å². The van der Waals surface area contributed by atoms with Crippen LogP contribution >= 0.6 is 0 Å². The number of hydrogen-bond acceptors (Lipinski definition) is 7. The molecule has 1 aliphatic rings. The van der Waals surface area contributed by atoms with Crippen LogP contribution in [0.15, 0.2) is 55.1 Å². The third-order valence-electron chi connectivity index (χ3n) is 4.80. The molecule has 3 aromatic heterocycles. The Kier molecular flexibility index (Phi) is 3.26. The van der Waals surface area contributed by atoms with Gasteiger partial charge in [-0.1, -0.05) is 6.07 Å². The number of carbonyl (C=O) groups excluding carboxylic acids is 1. The lowest BCUT2D eigenvalue weighted by atomic mass is 10.0. The molecule has 0 spiro atoms. The molecule has 1 fully saturated rings. The summed E-state index contributed by atoms with van der Waals surface area (Å²) in [5.74, 6) is -0.937. The fourth-order valence-corrected chi connectivity index (χ4v) is 3.25. The van der Waals surface area contributed by atoms with Gasteiger partial charge in [-0.25, -0.2) is 9.97 Å². The Hall–Kier alpha value is -3.65. The van der Waals surface area contributed by atoms with Crippen molar-refractivity contribution in [1.82, 2.24) is 24.7 Å². The van der Waals surface area contributed by atoms with Gasteiger partial charge in [-0.3, -0.25) is 4.79 Å². The highest BCUT2D eigenvalue weighted by Crippen LogP contribution is 2.23. The molecule has 0 aliphatic carbocycles. The van der Waals surface area contributed by atoms with Gasteiger partial charge in [-0.05, 0) is 30.3 Å². The molecule has 1 aromatic carbocycles. The molecule has 0 saturated carbocycles. The minimum Gasteiger partial charge on any atom is -0.378 e. The van der Waals surface area contributed by atoms with E-state index in [4.69, 9.17) is 11.0 Å². The van der Waals surface area contributed by atoms with Crippen molar-refractivity contribution in [2.75, 3.05) is 31.0 Å². The highest BCUT2D eigenvalue weighted by atomic mass is 16.5. The van der Waals surface area contributed by atoms with Crippen LogP contribution in [0.1, 0.15) is 27.0 Å². The second kappa shape index (κ2) is 8.23. The number of fused-ring (bicyclic) bond motifs is 1. The number of carbonyl (C=O) groups is 1. The molecule has 0 N–H and O–H groups in total. The Balaban J connectivity index is 1.46. The van der Waals surface area contributed by atoms with Gasteiger partial charge in [-0.15, -0.1) is 0 Å². The number of Topliss-reactive ketones (excluding diaryl/α,β-unsaturated/α-hetero) is 1. The molecular formula is C23H22N6O2. The monoisotopic (exact) mass is 422 g/mol. The van der Waals surface area contributed by atoms with Gasteiger partial charge in [0.05, 0.1) is 59.9 Å². The molecule has 1 aliphatic heterocycles. The number of aromatic nitrogens is 5. The number of imidazole rings is 1. The summed E-state index contributed by atoms with van der Waals surface area (Å²) < 4.78 is 70.7. The molecular weight excluding hydrogens is 392 g/mol. The maximum Gasteiger partial charge on any atom is 0.169 e. The van der Waals surface area contributed by atoms with Gasteiger partial charge in [0, 0.05) is 42.8 Å². The highest BCUT2D eigenvalue weighted by molar-refractivity contribution is 5.98. The number of benzene rings is 1. The Labute approximate surface area is 190 Å². The summed E-state index contributed by atoms with van der Waals surface area (Å²) in [5, 5.41) is 9.07. The number of nitrogens with zero attached hydrogens (tertiary/aromatic N) is 6. The van der Waals surface area contributed by atoms with Crippen molar-refractivity contribution in [3.05, 3.63) is 66.4 Å². The first kappa shape index (κ1) is 12.3. The molecule has 1 saturated heterocycles. The molecule has 31 heavy (non-hydrogen) atoms. The van der Waals surface area contributed by atoms with Gasteiger partial charge in [0.1, 0.15) is 5.82 Å². The number of hydrogen-bond donors (Lipinski definition) is 0. The lowest BCUT2D eigenvalue weighted by Gasteiger charge is -2.27. The van der Waals surface area contributed by atoms with Gasteiger partial charge in [0.25, 0.3) is 0 Å². The van der Waals surface area contributed by atoms with Gasteiger partial charge < -0.3 is 14.2 Å². The Morgan fingerprint density at radius 2 is 2.03 bits per heavy atom. The minimum absolute atomic E-state index is 0.0183. The zero-order valence-corrected chi connectivity index (χ0v) is 16.4. The van der Waals surface area contributed by atoms with E-state index in [1.54, 1.807) is 18.6 Å². The molecule has 0 unspecified atom stereocenters. The molecule has 4 heterocycles. The van der Waals surface area contributed by atoms with E-state index in [-0.39, 0.29) is 16.9 Å². The quantitative estimate of drug-likeness (QED) is 0.457. The Bertz CT molecular complexity index is 1570. The SMILES string of the molecule is [2H]C1([2H])OC([2H])([2H])C([2H])([2H])N(c2cc(C(=O)Cc3cc4cc(-c5cncn5C)ccc4nn3)ccn2)C1([2H])[2H]. The zero-order chi connectivity index (χ0) is 28.4. The molecule has 8 heteroatoms. The first-order chi connectivity index (χ1) is 18.1. The van der Waals surface area contributed by atoms with Crippen LogP contribution in [0.3, 0.4) is 0 Å². The summed E-state index contributed by atoms with van der Waals surface area (Å²) in [7, 11) is 1.88. The number of rotatable bonds is 5. The Morgan fingerprint density at radius 3 is 2.84 bits per heavy atom. The maximum atomic E-state index is 13.2. The summed E-state index contributed by atoms with van der Waals surface area (Å²) >= 11 is 0. The average Bonchev–Trinajstić information content (AvgIpc) is 3.28. The van der Waals surface area contributed by atoms with Crippen molar-refractivity contribution < 1.29 is 20.5 Å². The van der Waals surface area contributed by atoms with Crippen LogP contribution in [-0.4, -0.2) is 56.6 Å². The van der Waals surface area contributed by atoms with Crippen LogP contribution in [0.4, 0.5) is 5.82 Å². The number of pyridine rings is 1. The summed E-state index contributed by atoms with van der Waals surface area (Å²) in [6, 6.07) is 9.77. The van der Waals surface area contributed by atoms with E-state index in [2.05, 4.69) is 24.9 Å². The predicted octanol–water partition coefficient (Wildman–Crippen LogP) is 2.69. The smallest absolute Gasteiger partial charge is 0.169 e. The first-order valence-corrected chi connectivity index (χ1v) is 9.37. The van der Waals surface area contributed by atoms with E-state index in [1.807, 2.05) is 29.8 Å². The van der Waals surface area contributed by atoms with Crippen molar-refractivity contribution in [1.29, 1.82) is 0 Å². The van der Waals surface area contributed by atoms with E-state index in [9.17, 15) is 4.79 Å². The fraction of sp³-hybridized carbons (Fsp3) is 0.261. The van der Waals surface area contributed by atoms with E-state index in [1.165, 1.54) is 6.07 Å². The van der Waals surface area contributed by atoms with E-state index >= 15 is 0 Å². The number of aryl methyl sites for hydroxylation is 1. The number of anilines is 1. The van der Waals surface area contributed by atoms with Crippen molar-refractivity contribution in [3.8, 4) is 11.3 Å². The highest BCUT2D eigenvalue weighted by Gasteiger charge is 2.16. The van der Waals surface area contributed by atoms with Crippen LogP contribution in [0.25, 0.3) is 22.2 Å². The summed E-state index contributed by atoms with van der Waals surface area (Å²) in [6.45, 7) is -12.8. The predicted molar refractivity (Wildman–Crippen MR) is 117 cm³/mol. The number of ether oxygens (including phenoxy) is 1. The van der Waals surface area contributed by atoms with Crippen molar-refractivity contribution in [2.24, 2.45) is 7.05 Å². The van der Waals surface area contributed by atoms with Crippen LogP contribution in [0, 0.1) is 0 Å². The van der Waals surface area contributed by atoms with Gasteiger partial charge in [0.2, 0.25) is 0 Å². The topological polar surface area (TPSA) is 86.0 Å². The van der Waals surface area contributed by atoms with Crippen molar-refractivity contribution in [2.45, 2.75) is 6.42 Å². The summed E-state index contributed by atoms with van der Waals surface area (Å²) in [6.07, 6.45) is 4.37. The molecule has 0 radical (unpaired) electrons. The standard InChI is InChI=1S/C23H22N6O2/c1-28-15-24-14-21(28)16-2-3-20-18(10-16)11-19(26-27-20)13-22(30)17-4-5-25-23(12-17)29-6-8-31-9-7-29/h2-5,10-12,14-15H,6-9,13H2,1H3/i6D2,7D2,8D2,9D2. The molecule has 5 rings (SSSR count). The second-order valence-corrected chi connectivity index (χ2v) is 6.87. The van der Waals surface area contributed by atoms with Crippen LogP contribution in [0.2, 0.25) is 0 Å². The lowest BCUT2D eigenvalue weighted by Crippen LogP contribution is -2.36. The molecule has 0 atom stereocenters. The second-order valence-electron chi connectivity index (χ2n) is 6.87. The van der Waals surface area contributed by atoms with Crippen LogP contribution < -0.4 is 4.90 Å². The molecule has 156 valence electrons. The normalized spacial score (nSPS) is 24.5. The van der Waals surface area contributed by atoms with E-state index < -0.39 is 37.7 Å². The van der Waals surface area contributed by atoms with Crippen molar-refractivity contribution >= 4 is 22.5 Å². The third kappa shape index (κ3) is 4.02. The largest absolute Gasteiger partial charge is 0.378 e. The zero-order valence-electron chi connectivity index (χ0n) is 24.4. The molecule has 4 aromatic rings. The third-order valence-corrected chi connectivity index (χ3v) is 4.80. The van der Waals surface area contributed by atoms with E-state index in [0.717, 1.165) is 28.9 Å². The number of morpholine rings is 1. The minimum atomic E-state index is -3.24. The first-order valence-electron chi connectivity index (χ1n) is 13.4. The molecule has 0 bridgehead atoms. The van der Waals surface area contributed by atoms with Gasteiger partial charge in [0.15, 0.2) is 5.78 Å². The van der Waals surface area contributed by atoms with Gasteiger partial charge in [-0.2, -0.15) is 10.2 Å². The molecule has 0 amide bonds. The summed E-state index contributed by atoms with van der Waals surface area (Å²) in [5.41, 5.74) is 2.80. The fourth-order valence-electron chi connectivity index (χ4n) is 3.25.